The van der Waals surface area contributed by atoms with Gasteiger partial charge in [-0.05, 0) is 23.6 Å². The smallest absolute Gasteiger partial charge is 0.407 e. The van der Waals surface area contributed by atoms with Crippen LogP contribution in [0.15, 0.2) is 31.0 Å². The van der Waals surface area contributed by atoms with Crippen molar-refractivity contribution in [3.8, 4) is 0 Å². The van der Waals surface area contributed by atoms with Crippen molar-refractivity contribution in [1.29, 1.82) is 0 Å². The fraction of sp³-hybridized carbons (Fsp3) is 0.231. The van der Waals surface area contributed by atoms with Gasteiger partial charge in [0.15, 0.2) is 0 Å². The summed E-state index contributed by atoms with van der Waals surface area (Å²) in [6.45, 7) is 4.65. The Balaban J connectivity index is 2.13. The topological polar surface area (TPSA) is 53.4 Å². The molecule has 1 N–H and O–H groups in total. The van der Waals surface area contributed by atoms with Crippen molar-refractivity contribution in [1.82, 2.24) is 9.88 Å². The van der Waals surface area contributed by atoms with Gasteiger partial charge in [0, 0.05) is 19.3 Å². The van der Waals surface area contributed by atoms with E-state index < -0.39 is 6.09 Å². The van der Waals surface area contributed by atoms with Crippen LogP contribution in [0.4, 0.5) is 4.79 Å². The van der Waals surface area contributed by atoms with E-state index in [4.69, 9.17) is 5.11 Å². The average Bonchev–Trinajstić information content (AvgIpc) is 2.39. The first-order valence-corrected chi connectivity index (χ1v) is 5.46. The van der Waals surface area contributed by atoms with Crippen molar-refractivity contribution >= 4 is 17.7 Å². The number of pyridine rings is 1. The maximum Gasteiger partial charge on any atom is 0.407 e. The normalized spacial score (nSPS) is 15.3. The largest absolute Gasteiger partial charge is 0.465 e. The van der Waals surface area contributed by atoms with E-state index in [1.54, 1.807) is 12.3 Å². The zero-order valence-electron chi connectivity index (χ0n) is 9.47. The van der Waals surface area contributed by atoms with Crippen LogP contribution in [0.5, 0.6) is 0 Å². The van der Waals surface area contributed by atoms with Gasteiger partial charge in [-0.3, -0.25) is 4.98 Å². The molecule has 4 heteroatoms. The van der Waals surface area contributed by atoms with Gasteiger partial charge in [-0.1, -0.05) is 24.8 Å². The zero-order chi connectivity index (χ0) is 12.3. The monoisotopic (exact) mass is 230 g/mol. The van der Waals surface area contributed by atoms with Gasteiger partial charge in [0.1, 0.15) is 0 Å². The van der Waals surface area contributed by atoms with Gasteiger partial charge in [0.2, 0.25) is 0 Å². The fourth-order valence-corrected chi connectivity index (χ4v) is 1.79. The Hall–Kier alpha value is -2.10. The van der Waals surface area contributed by atoms with Crippen molar-refractivity contribution in [2.45, 2.75) is 6.42 Å². The average molecular weight is 230 g/mol. The maximum absolute atomic E-state index is 10.8. The minimum absolute atomic E-state index is 0.440. The number of rotatable bonds is 2. The molecule has 0 aromatic carbocycles. The summed E-state index contributed by atoms with van der Waals surface area (Å²) in [6.07, 6.45) is 5.29. The number of aromatic nitrogens is 1. The third kappa shape index (κ3) is 2.53. The molecule has 0 radical (unpaired) electrons. The molecule has 0 saturated heterocycles. The van der Waals surface area contributed by atoms with Crippen LogP contribution in [0.3, 0.4) is 0 Å². The Bertz CT molecular complexity index is 463. The first kappa shape index (κ1) is 11.4. The molecule has 1 aromatic rings. The second-order valence-corrected chi connectivity index (χ2v) is 3.89. The van der Waals surface area contributed by atoms with Crippen molar-refractivity contribution in [2.75, 3.05) is 13.1 Å². The number of nitrogens with zero attached hydrogens (tertiary/aromatic N) is 2. The summed E-state index contributed by atoms with van der Waals surface area (Å²) in [5, 5.41) is 8.83. The molecule has 0 fully saturated rings. The molecule has 0 bridgehead atoms. The standard InChI is InChI=1S/C13H14N2O2/c1-2-10-3-4-12(14-9-10)11-5-7-15(8-6-11)13(16)17/h2-5,9H,1,6-8H2,(H,16,17). The minimum atomic E-state index is -0.865. The van der Waals surface area contributed by atoms with Crippen LogP contribution >= 0.6 is 0 Å². The quantitative estimate of drug-likeness (QED) is 0.849. The molecule has 0 unspecified atom stereocenters. The molecule has 0 spiro atoms. The zero-order valence-corrected chi connectivity index (χ0v) is 9.47. The molecule has 1 amide bonds. The number of hydrogen-bond acceptors (Lipinski definition) is 2. The number of carboxylic acid groups (broad SMARTS) is 1. The van der Waals surface area contributed by atoms with Gasteiger partial charge in [0.05, 0.1) is 5.69 Å². The Kier molecular flexibility index (Phi) is 3.23. The Morgan fingerprint density at radius 3 is 2.82 bits per heavy atom. The molecule has 0 saturated carbocycles. The van der Waals surface area contributed by atoms with E-state index in [1.165, 1.54) is 4.90 Å². The summed E-state index contributed by atoms with van der Waals surface area (Å²) in [6, 6.07) is 3.90. The highest BCUT2D eigenvalue weighted by Gasteiger charge is 2.16. The van der Waals surface area contributed by atoms with Crippen molar-refractivity contribution < 1.29 is 9.90 Å². The summed E-state index contributed by atoms with van der Waals surface area (Å²) in [5.41, 5.74) is 3.01. The summed E-state index contributed by atoms with van der Waals surface area (Å²) in [7, 11) is 0. The van der Waals surface area contributed by atoms with Crippen LogP contribution in [-0.2, 0) is 0 Å². The maximum atomic E-state index is 10.8. The van der Waals surface area contributed by atoms with Crippen LogP contribution in [0.25, 0.3) is 11.6 Å². The van der Waals surface area contributed by atoms with E-state index in [9.17, 15) is 4.79 Å². The van der Waals surface area contributed by atoms with Crippen molar-refractivity contribution in [3.05, 3.63) is 42.2 Å². The molecule has 0 atom stereocenters. The van der Waals surface area contributed by atoms with Gasteiger partial charge in [-0.15, -0.1) is 0 Å². The van der Waals surface area contributed by atoms with E-state index >= 15 is 0 Å². The van der Waals surface area contributed by atoms with Crippen molar-refractivity contribution in [2.24, 2.45) is 0 Å². The number of carbonyl (C=O) groups is 1. The Labute approximate surface area is 99.9 Å². The highest BCUT2D eigenvalue weighted by Crippen LogP contribution is 2.20. The highest BCUT2D eigenvalue weighted by atomic mass is 16.4. The van der Waals surface area contributed by atoms with Crippen LogP contribution in [0.2, 0.25) is 0 Å². The molecule has 88 valence electrons. The summed E-state index contributed by atoms with van der Waals surface area (Å²) in [4.78, 5) is 16.5. The lowest BCUT2D eigenvalue weighted by Gasteiger charge is -2.23. The predicted molar refractivity (Wildman–Crippen MR) is 66.5 cm³/mol. The molecule has 4 nitrogen and oxygen atoms in total. The highest BCUT2D eigenvalue weighted by molar-refractivity contribution is 5.70. The van der Waals surface area contributed by atoms with Crippen LogP contribution in [0, 0.1) is 0 Å². The molecule has 1 aromatic heterocycles. The first-order valence-electron chi connectivity index (χ1n) is 5.46. The van der Waals surface area contributed by atoms with Gasteiger partial charge in [-0.2, -0.15) is 0 Å². The summed E-state index contributed by atoms with van der Waals surface area (Å²) >= 11 is 0. The molecule has 0 aliphatic carbocycles. The van der Waals surface area contributed by atoms with Gasteiger partial charge >= 0.3 is 6.09 Å². The molecule has 1 aliphatic rings. The van der Waals surface area contributed by atoms with Crippen LogP contribution in [-0.4, -0.2) is 34.2 Å². The van der Waals surface area contributed by atoms with Crippen molar-refractivity contribution in [3.63, 3.8) is 0 Å². The van der Waals surface area contributed by atoms with E-state index in [-0.39, 0.29) is 0 Å². The molecule has 2 rings (SSSR count). The van der Waals surface area contributed by atoms with E-state index in [1.807, 2.05) is 18.2 Å². The molecular formula is C13H14N2O2. The SMILES string of the molecule is C=Cc1ccc(C2=CCN(C(=O)O)CC2)nc1. The lowest BCUT2D eigenvalue weighted by molar-refractivity contribution is 0.150. The van der Waals surface area contributed by atoms with Crippen LogP contribution < -0.4 is 0 Å². The summed E-state index contributed by atoms with van der Waals surface area (Å²) in [5.74, 6) is 0. The molecule has 17 heavy (non-hydrogen) atoms. The lowest BCUT2D eigenvalue weighted by atomic mass is 10.0. The van der Waals surface area contributed by atoms with Crippen LogP contribution in [0.1, 0.15) is 17.7 Å². The third-order valence-corrected chi connectivity index (χ3v) is 2.83. The molecule has 1 aliphatic heterocycles. The fourth-order valence-electron chi connectivity index (χ4n) is 1.79. The van der Waals surface area contributed by atoms with Gasteiger partial charge in [0.25, 0.3) is 0 Å². The van der Waals surface area contributed by atoms with E-state index in [0.717, 1.165) is 16.8 Å². The number of amides is 1. The second kappa shape index (κ2) is 4.82. The first-order chi connectivity index (χ1) is 8.20. The third-order valence-electron chi connectivity index (χ3n) is 2.83. The summed E-state index contributed by atoms with van der Waals surface area (Å²) < 4.78 is 0. The predicted octanol–water partition coefficient (Wildman–Crippen LogP) is 2.49. The molecular weight excluding hydrogens is 216 g/mol. The lowest BCUT2D eigenvalue weighted by Crippen LogP contribution is -2.33. The Morgan fingerprint density at radius 1 is 1.53 bits per heavy atom. The molecule has 2 heterocycles. The minimum Gasteiger partial charge on any atom is -0.465 e. The van der Waals surface area contributed by atoms with E-state index in [2.05, 4.69) is 11.6 Å². The second-order valence-electron chi connectivity index (χ2n) is 3.89. The van der Waals surface area contributed by atoms with E-state index in [0.29, 0.717) is 19.5 Å². The van der Waals surface area contributed by atoms with Gasteiger partial charge < -0.3 is 10.0 Å². The number of hydrogen-bond donors (Lipinski definition) is 1. The van der Waals surface area contributed by atoms with Gasteiger partial charge in [-0.25, -0.2) is 4.79 Å². The Morgan fingerprint density at radius 2 is 2.35 bits per heavy atom.